The number of rotatable bonds is 9. The van der Waals surface area contributed by atoms with Gasteiger partial charge >= 0.3 is 0 Å². The third-order valence-corrected chi connectivity index (χ3v) is 6.78. The molecule has 2 atom stereocenters. The minimum absolute atomic E-state index is 0.109. The summed E-state index contributed by atoms with van der Waals surface area (Å²) in [5.74, 6) is -0.222. The van der Waals surface area contributed by atoms with Crippen LogP contribution in [0.25, 0.3) is 0 Å². The molecular formula is C26H33FN6O5. The van der Waals surface area contributed by atoms with Gasteiger partial charge in [0.05, 0.1) is 19.3 Å². The first-order valence-corrected chi connectivity index (χ1v) is 12.6. The highest BCUT2D eigenvalue weighted by atomic mass is 19.1. The van der Waals surface area contributed by atoms with Crippen molar-refractivity contribution in [2.45, 2.75) is 52.0 Å². The Morgan fingerprint density at radius 1 is 1.24 bits per heavy atom. The lowest BCUT2D eigenvalue weighted by Gasteiger charge is -2.36. The maximum absolute atomic E-state index is 13.6. The lowest BCUT2D eigenvalue weighted by molar-refractivity contribution is -0.120. The highest BCUT2D eigenvalue weighted by molar-refractivity contribution is 6.01. The number of aromatic nitrogens is 2. The van der Waals surface area contributed by atoms with Gasteiger partial charge in [-0.15, -0.1) is 0 Å². The molecule has 0 spiro atoms. The maximum Gasteiger partial charge on any atom is 0.270 e. The molecule has 1 fully saturated rings. The first-order valence-electron chi connectivity index (χ1n) is 12.6. The zero-order valence-electron chi connectivity index (χ0n) is 21.7. The Hall–Kier alpha value is -3.64. The van der Waals surface area contributed by atoms with Crippen LogP contribution in [-0.4, -0.2) is 76.6 Å². The third kappa shape index (κ3) is 6.81. The molecule has 204 valence electrons. The average Bonchev–Trinajstić information content (AvgIpc) is 3.41. The number of carbonyl (C=O) groups is 2. The Morgan fingerprint density at radius 3 is 2.71 bits per heavy atom. The second-order valence-corrected chi connectivity index (χ2v) is 9.51. The number of oxime groups is 1. The molecule has 1 saturated heterocycles. The van der Waals surface area contributed by atoms with E-state index in [0.717, 1.165) is 12.8 Å². The van der Waals surface area contributed by atoms with Crippen LogP contribution in [-0.2, 0) is 16.2 Å². The molecule has 0 aliphatic carbocycles. The number of carbonyl (C=O) groups excluding carboxylic acids is 2. The summed E-state index contributed by atoms with van der Waals surface area (Å²) in [7, 11) is 1.38. The number of methoxy groups -OCH3 is 1. The van der Waals surface area contributed by atoms with Gasteiger partial charge < -0.3 is 25.3 Å². The number of nitrogens with one attached hydrogen (secondary N) is 2. The van der Waals surface area contributed by atoms with E-state index >= 15 is 0 Å². The van der Waals surface area contributed by atoms with Gasteiger partial charge in [0.2, 0.25) is 5.91 Å². The molecule has 4 rings (SSSR count). The third-order valence-electron chi connectivity index (χ3n) is 6.78. The second-order valence-electron chi connectivity index (χ2n) is 9.51. The number of hydrogen-bond donors (Lipinski definition) is 3. The number of aryl methyl sites for hydroxylation is 1. The molecule has 2 aliphatic rings. The summed E-state index contributed by atoms with van der Waals surface area (Å²) in [6.45, 7) is 4.90. The normalized spacial score (nSPS) is 18.9. The van der Waals surface area contributed by atoms with E-state index in [1.54, 1.807) is 19.1 Å². The summed E-state index contributed by atoms with van der Waals surface area (Å²) < 4.78 is 18.6. The Balaban J connectivity index is 1.32. The number of amides is 2. The molecule has 0 saturated carbocycles. The van der Waals surface area contributed by atoms with E-state index in [4.69, 9.17) is 9.57 Å². The largest absolute Gasteiger partial charge is 0.494 e. The molecular weight excluding hydrogens is 495 g/mol. The Bertz CT molecular complexity index is 1200. The predicted molar refractivity (Wildman–Crippen MR) is 136 cm³/mol. The van der Waals surface area contributed by atoms with Crippen LogP contribution in [0.4, 0.5) is 4.39 Å². The number of aliphatic hydroxyl groups excluding tert-OH is 1. The molecule has 3 heterocycles. The summed E-state index contributed by atoms with van der Waals surface area (Å²) in [5, 5.41) is 20.0. The van der Waals surface area contributed by atoms with Crippen LogP contribution in [0.5, 0.6) is 5.75 Å². The van der Waals surface area contributed by atoms with Crippen LogP contribution >= 0.6 is 0 Å². The van der Waals surface area contributed by atoms with Crippen LogP contribution < -0.4 is 15.4 Å². The fourth-order valence-corrected chi connectivity index (χ4v) is 4.67. The molecule has 2 aliphatic heterocycles. The maximum atomic E-state index is 13.6. The van der Waals surface area contributed by atoms with Crippen molar-refractivity contribution in [3.05, 3.63) is 52.9 Å². The fourth-order valence-electron chi connectivity index (χ4n) is 4.67. The summed E-state index contributed by atoms with van der Waals surface area (Å²) in [6.07, 6.45) is 1.40. The van der Waals surface area contributed by atoms with Crippen LogP contribution in [0.2, 0.25) is 0 Å². The van der Waals surface area contributed by atoms with E-state index in [-0.39, 0.29) is 48.4 Å². The molecule has 0 radical (unpaired) electrons. The van der Waals surface area contributed by atoms with Crippen LogP contribution in [0.15, 0.2) is 29.4 Å². The van der Waals surface area contributed by atoms with E-state index in [0.29, 0.717) is 42.3 Å². The van der Waals surface area contributed by atoms with E-state index in [2.05, 4.69) is 25.8 Å². The molecule has 1 aromatic heterocycles. The van der Waals surface area contributed by atoms with Gasteiger partial charge in [-0.1, -0.05) is 11.2 Å². The van der Waals surface area contributed by atoms with Gasteiger partial charge in [0, 0.05) is 38.9 Å². The van der Waals surface area contributed by atoms with Crippen molar-refractivity contribution in [1.82, 2.24) is 25.5 Å². The number of hydrogen-bond acceptors (Lipinski definition) is 9. The molecule has 2 unspecified atom stereocenters. The smallest absolute Gasteiger partial charge is 0.270 e. The van der Waals surface area contributed by atoms with Gasteiger partial charge in [0.1, 0.15) is 29.6 Å². The number of nitrogens with zero attached hydrogens (tertiary/aromatic N) is 4. The lowest BCUT2D eigenvalue weighted by Crippen LogP contribution is -2.48. The topological polar surface area (TPSA) is 138 Å². The van der Waals surface area contributed by atoms with Crippen LogP contribution in [0.1, 0.15) is 53.8 Å². The van der Waals surface area contributed by atoms with Crippen molar-refractivity contribution >= 4 is 17.5 Å². The minimum atomic E-state index is -0.713. The Labute approximate surface area is 220 Å². The summed E-state index contributed by atoms with van der Waals surface area (Å²) in [6, 6.07) is 6.00. The molecule has 2 amide bonds. The molecule has 1 aromatic carbocycles. The average molecular weight is 529 g/mol. The fraction of sp³-hybridized carbons (Fsp3) is 0.500. The van der Waals surface area contributed by atoms with E-state index in [1.807, 2.05) is 4.90 Å². The number of halogens is 1. The van der Waals surface area contributed by atoms with Crippen molar-refractivity contribution in [2.24, 2.45) is 11.1 Å². The Morgan fingerprint density at radius 2 is 2.00 bits per heavy atom. The molecule has 38 heavy (non-hydrogen) atoms. The van der Waals surface area contributed by atoms with E-state index in [1.165, 1.54) is 26.2 Å². The number of aliphatic hydroxyl groups is 1. The van der Waals surface area contributed by atoms with Crippen LogP contribution in [0.3, 0.4) is 0 Å². The molecule has 3 N–H and O–H groups in total. The number of likely N-dealkylation sites (tertiary alicyclic amines) is 1. The van der Waals surface area contributed by atoms with Crippen molar-refractivity contribution in [2.75, 3.05) is 26.7 Å². The minimum Gasteiger partial charge on any atom is -0.494 e. The van der Waals surface area contributed by atoms with Gasteiger partial charge in [-0.05, 0) is 43.5 Å². The second kappa shape index (κ2) is 12.3. The highest BCUT2D eigenvalue weighted by Gasteiger charge is 2.34. The van der Waals surface area contributed by atoms with Gasteiger partial charge in [0.15, 0.2) is 11.6 Å². The Kier molecular flexibility index (Phi) is 8.85. The summed E-state index contributed by atoms with van der Waals surface area (Å²) in [4.78, 5) is 40.3. The zero-order valence-corrected chi connectivity index (χ0v) is 21.7. The van der Waals surface area contributed by atoms with Crippen molar-refractivity contribution in [3.63, 3.8) is 0 Å². The monoisotopic (exact) mass is 528 g/mol. The van der Waals surface area contributed by atoms with Gasteiger partial charge in [0.25, 0.3) is 5.91 Å². The van der Waals surface area contributed by atoms with Gasteiger partial charge in [-0.3, -0.25) is 14.5 Å². The predicted octanol–water partition coefficient (Wildman–Crippen LogP) is 1.52. The lowest BCUT2D eigenvalue weighted by atomic mass is 9.88. The summed E-state index contributed by atoms with van der Waals surface area (Å²) in [5.41, 5.74) is 2.09. The molecule has 2 aromatic rings. The first kappa shape index (κ1) is 27.4. The first-order chi connectivity index (χ1) is 18.2. The van der Waals surface area contributed by atoms with Crippen LogP contribution in [0, 0.1) is 18.7 Å². The van der Waals surface area contributed by atoms with Crippen molar-refractivity contribution in [1.29, 1.82) is 0 Å². The van der Waals surface area contributed by atoms with Gasteiger partial charge in [-0.25, -0.2) is 14.4 Å². The number of piperidine rings is 1. The number of benzene rings is 1. The molecule has 11 nitrogen and oxygen atoms in total. The quantitative estimate of drug-likeness (QED) is 0.446. The summed E-state index contributed by atoms with van der Waals surface area (Å²) >= 11 is 0. The van der Waals surface area contributed by atoms with Crippen molar-refractivity contribution in [3.8, 4) is 5.75 Å². The van der Waals surface area contributed by atoms with Crippen molar-refractivity contribution < 1.29 is 28.7 Å². The number of ether oxygens (including phenoxy) is 1. The van der Waals surface area contributed by atoms with E-state index < -0.39 is 12.0 Å². The van der Waals surface area contributed by atoms with Gasteiger partial charge in [-0.2, -0.15) is 0 Å². The molecule has 0 bridgehead atoms. The molecule has 12 heteroatoms. The SMILES string of the molecule is COc1cc(CNC(=O)c2cc(C3=NOC(C4CCN(C(O)CNC(C)=O)CC4)C3)nc(C)n2)ccc1F. The standard InChI is InChI=1S/C26H33FN6O5/c1-15-30-20(11-22(31-15)26(36)29-13-17-4-5-19(27)24(10-17)37-3)21-12-23(38-32-21)18-6-8-33(9-7-18)25(35)14-28-16(2)34/h4-5,10-11,18,23,25,35H,6-9,12-14H2,1-3H3,(H,28,34)(H,29,36). The van der Waals surface area contributed by atoms with E-state index in [9.17, 15) is 19.1 Å². The highest BCUT2D eigenvalue weighted by Crippen LogP contribution is 2.30. The zero-order chi connectivity index (χ0) is 27.2.